The van der Waals surface area contributed by atoms with E-state index in [2.05, 4.69) is 16.3 Å². The van der Waals surface area contributed by atoms with Gasteiger partial charge in [0.2, 0.25) is 5.91 Å². The Kier molecular flexibility index (Phi) is 6.24. The average Bonchev–Trinajstić information content (AvgIpc) is 3.34. The van der Waals surface area contributed by atoms with Gasteiger partial charge in [0.1, 0.15) is 18.1 Å². The molecule has 8 heteroatoms. The Morgan fingerprint density at radius 2 is 2.03 bits per heavy atom. The van der Waals surface area contributed by atoms with Crippen LogP contribution in [-0.2, 0) is 9.53 Å². The molecule has 0 spiro atoms. The summed E-state index contributed by atoms with van der Waals surface area (Å²) in [6.45, 7) is 6.24. The molecule has 4 rings (SSSR count). The van der Waals surface area contributed by atoms with Crippen molar-refractivity contribution >= 4 is 28.2 Å². The molecule has 1 aromatic carbocycles. The molecular weight excluding hydrogens is 404 g/mol. The van der Waals surface area contributed by atoms with Gasteiger partial charge in [0.25, 0.3) is 0 Å². The summed E-state index contributed by atoms with van der Waals surface area (Å²) < 4.78 is 16.4. The van der Waals surface area contributed by atoms with E-state index in [1.54, 1.807) is 6.92 Å². The summed E-state index contributed by atoms with van der Waals surface area (Å²) in [6, 6.07) is 8.03. The number of hydrogen-bond donors (Lipinski definition) is 1. The van der Waals surface area contributed by atoms with Crippen molar-refractivity contribution in [1.29, 1.82) is 0 Å². The fourth-order valence-electron chi connectivity index (χ4n) is 3.96. The summed E-state index contributed by atoms with van der Waals surface area (Å²) in [7, 11) is 0. The van der Waals surface area contributed by atoms with E-state index in [1.165, 1.54) is 11.3 Å². The normalized spacial score (nSPS) is 18.3. The van der Waals surface area contributed by atoms with Crippen LogP contribution in [0.5, 0.6) is 11.5 Å². The van der Waals surface area contributed by atoms with Gasteiger partial charge in [-0.25, -0.2) is 4.79 Å². The van der Waals surface area contributed by atoms with E-state index in [1.807, 2.05) is 25.1 Å². The summed E-state index contributed by atoms with van der Waals surface area (Å²) in [5.41, 5.74) is 1.95. The molecule has 1 N–H and O–H groups in total. The Balaban J connectivity index is 1.40. The first-order valence-electron chi connectivity index (χ1n) is 10.3. The molecule has 2 aliphatic heterocycles. The van der Waals surface area contributed by atoms with E-state index in [4.69, 9.17) is 14.2 Å². The Morgan fingerprint density at radius 1 is 1.23 bits per heavy atom. The number of anilines is 1. The van der Waals surface area contributed by atoms with Crippen LogP contribution in [-0.4, -0.2) is 49.7 Å². The van der Waals surface area contributed by atoms with Crippen molar-refractivity contribution in [3.63, 3.8) is 0 Å². The van der Waals surface area contributed by atoms with Gasteiger partial charge in [0.05, 0.1) is 18.2 Å². The van der Waals surface area contributed by atoms with Gasteiger partial charge in [-0.2, -0.15) is 0 Å². The third-order valence-corrected chi connectivity index (χ3v) is 6.44. The van der Waals surface area contributed by atoms with Crippen LogP contribution in [0.3, 0.4) is 0 Å². The number of benzene rings is 1. The van der Waals surface area contributed by atoms with Crippen LogP contribution < -0.4 is 14.8 Å². The third kappa shape index (κ3) is 4.44. The summed E-state index contributed by atoms with van der Waals surface area (Å²) in [4.78, 5) is 27.4. The zero-order valence-electron chi connectivity index (χ0n) is 17.2. The SMILES string of the molecule is CCOC(=O)c1sc(NC(=O)CN2CCC[C@@H]2c2ccc3c(c2)OCCO3)cc1C. The minimum Gasteiger partial charge on any atom is -0.486 e. The Labute approximate surface area is 179 Å². The second-order valence-corrected chi connectivity index (χ2v) is 8.48. The smallest absolute Gasteiger partial charge is 0.348 e. The zero-order valence-corrected chi connectivity index (χ0v) is 18.0. The molecule has 1 aromatic heterocycles. The highest BCUT2D eigenvalue weighted by molar-refractivity contribution is 7.18. The van der Waals surface area contributed by atoms with Crippen LogP contribution in [0.1, 0.15) is 46.6 Å². The van der Waals surface area contributed by atoms with Crippen molar-refractivity contribution in [3.8, 4) is 11.5 Å². The lowest BCUT2D eigenvalue weighted by molar-refractivity contribution is -0.117. The molecule has 7 nitrogen and oxygen atoms in total. The molecule has 2 aliphatic rings. The minimum absolute atomic E-state index is 0.0869. The number of ether oxygens (including phenoxy) is 3. The fourth-order valence-corrected chi connectivity index (χ4v) is 4.95. The van der Waals surface area contributed by atoms with Gasteiger partial charge in [-0.3, -0.25) is 9.69 Å². The summed E-state index contributed by atoms with van der Waals surface area (Å²) in [5.74, 6) is 1.11. The van der Waals surface area contributed by atoms with Crippen molar-refractivity contribution in [1.82, 2.24) is 4.90 Å². The van der Waals surface area contributed by atoms with Gasteiger partial charge in [-0.1, -0.05) is 6.07 Å². The van der Waals surface area contributed by atoms with Crippen molar-refractivity contribution in [3.05, 3.63) is 40.3 Å². The fraction of sp³-hybridized carbons (Fsp3) is 0.455. The number of rotatable bonds is 6. The number of likely N-dealkylation sites (tertiary alicyclic amines) is 1. The van der Waals surface area contributed by atoms with Gasteiger partial charge in [-0.05, 0) is 62.6 Å². The number of carbonyl (C=O) groups excluding carboxylic acids is 2. The molecule has 1 atom stereocenters. The summed E-state index contributed by atoms with van der Waals surface area (Å²) in [5, 5.41) is 3.60. The van der Waals surface area contributed by atoms with Crippen LogP contribution >= 0.6 is 11.3 Å². The standard InChI is InChI=1S/C22H26N2O5S/c1-3-27-22(26)21-14(2)11-20(30-21)23-19(25)13-24-8-4-5-16(24)15-6-7-17-18(12-15)29-10-9-28-17/h6-7,11-12,16H,3-5,8-10,13H2,1-2H3,(H,23,25)/t16-/m1/s1. The molecule has 0 radical (unpaired) electrons. The molecule has 0 unspecified atom stereocenters. The van der Waals surface area contributed by atoms with E-state index in [-0.39, 0.29) is 17.9 Å². The maximum Gasteiger partial charge on any atom is 0.348 e. The van der Waals surface area contributed by atoms with Crippen LogP contribution in [0.2, 0.25) is 0 Å². The monoisotopic (exact) mass is 430 g/mol. The van der Waals surface area contributed by atoms with Crippen LogP contribution in [0, 0.1) is 6.92 Å². The second-order valence-electron chi connectivity index (χ2n) is 7.42. The van der Waals surface area contributed by atoms with Crippen LogP contribution in [0.25, 0.3) is 0 Å². The predicted molar refractivity (Wildman–Crippen MR) is 115 cm³/mol. The molecule has 2 aromatic rings. The third-order valence-electron chi connectivity index (χ3n) is 5.30. The minimum atomic E-state index is -0.348. The molecule has 0 saturated carbocycles. The number of nitrogens with one attached hydrogen (secondary N) is 1. The molecule has 1 amide bonds. The van der Waals surface area contributed by atoms with Crippen molar-refractivity contribution in [2.75, 3.05) is 38.2 Å². The van der Waals surface area contributed by atoms with E-state index in [0.717, 1.165) is 42.0 Å². The number of nitrogens with zero attached hydrogens (tertiary/aromatic N) is 1. The van der Waals surface area contributed by atoms with Crippen molar-refractivity contribution in [2.24, 2.45) is 0 Å². The number of amides is 1. The van der Waals surface area contributed by atoms with Gasteiger partial charge < -0.3 is 19.5 Å². The first kappa shape index (κ1) is 20.7. The molecule has 1 fully saturated rings. The maximum atomic E-state index is 12.7. The average molecular weight is 431 g/mol. The number of carbonyl (C=O) groups is 2. The maximum absolute atomic E-state index is 12.7. The Morgan fingerprint density at radius 3 is 2.83 bits per heavy atom. The summed E-state index contributed by atoms with van der Waals surface area (Å²) >= 11 is 1.25. The van der Waals surface area contributed by atoms with Gasteiger partial charge in [0.15, 0.2) is 11.5 Å². The second kappa shape index (κ2) is 9.06. The number of thiophene rings is 1. The first-order valence-corrected chi connectivity index (χ1v) is 11.1. The molecule has 0 bridgehead atoms. The zero-order chi connectivity index (χ0) is 21.1. The van der Waals surface area contributed by atoms with Gasteiger partial charge in [-0.15, -0.1) is 11.3 Å². The molecule has 3 heterocycles. The van der Waals surface area contributed by atoms with Crippen LogP contribution in [0.15, 0.2) is 24.3 Å². The number of esters is 1. The molecule has 30 heavy (non-hydrogen) atoms. The predicted octanol–water partition coefficient (Wildman–Crippen LogP) is 3.78. The highest BCUT2D eigenvalue weighted by atomic mass is 32.1. The van der Waals surface area contributed by atoms with Crippen LogP contribution in [0.4, 0.5) is 5.00 Å². The molecular formula is C22H26N2O5S. The van der Waals surface area contributed by atoms with E-state index >= 15 is 0 Å². The highest BCUT2D eigenvalue weighted by Gasteiger charge is 2.29. The summed E-state index contributed by atoms with van der Waals surface area (Å²) in [6.07, 6.45) is 2.04. The largest absolute Gasteiger partial charge is 0.486 e. The first-order chi connectivity index (χ1) is 14.5. The topological polar surface area (TPSA) is 77.1 Å². The van der Waals surface area contributed by atoms with Gasteiger partial charge in [0, 0.05) is 6.04 Å². The van der Waals surface area contributed by atoms with Crippen molar-refractivity contribution < 1.29 is 23.8 Å². The number of fused-ring (bicyclic) bond motifs is 1. The lowest BCUT2D eigenvalue weighted by atomic mass is 10.0. The molecule has 160 valence electrons. The molecule has 1 saturated heterocycles. The van der Waals surface area contributed by atoms with Gasteiger partial charge >= 0.3 is 5.97 Å². The lowest BCUT2D eigenvalue weighted by Crippen LogP contribution is -2.32. The highest BCUT2D eigenvalue weighted by Crippen LogP contribution is 2.38. The Bertz CT molecular complexity index is 942. The Hall–Kier alpha value is -2.58. The van der Waals surface area contributed by atoms with E-state index in [9.17, 15) is 9.59 Å². The number of hydrogen-bond acceptors (Lipinski definition) is 7. The van der Waals surface area contributed by atoms with E-state index in [0.29, 0.717) is 36.2 Å². The quantitative estimate of drug-likeness (QED) is 0.703. The molecule has 0 aliphatic carbocycles. The van der Waals surface area contributed by atoms with Crippen molar-refractivity contribution in [2.45, 2.75) is 32.7 Å². The number of aryl methyl sites for hydroxylation is 1. The lowest BCUT2D eigenvalue weighted by Gasteiger charge is -2.26. The van der Waals surface area contributed by atoms with E-state index < -0.39 is 0 Å².